The molecule has 0 atom stereocenters. The highest BCUT2D eigenvalue weighted by Gasteiger charge is 2.17. The van der Waals surface area contributed by atoms with Crippen LogP contribution in [0.1, 0.15) is 12.7 Å². The first-order valence-electron chi connectivity index (χ1n) is 8.92. The van der Waals surface area contributed by atoms with Crippen molar-refractivity contribution in [3.63, 3.8) is 0 Å². The highest BCUT2D eigenvalue weighted by atomic mass is 15.3. The quantitative estimate of drug-likeness (QED) is 0.903. The summed E-state index contributed by atoms with van der Waals surface area (Å²) in [7, 11) is 4.08. The lowest BCUT2D eigenvalue weighted by Crippen LogP contribution is -2.46. The summed E-state index contributed by atoms with van der Waals surface area (Å²) >= 11 is 0. The molecule has 0 bridgehead atoms. The van der Waals surface area contributed by atoms with E-state index in [9.17, 15) is 0 Å². The van der Waals surface area contributed by atoms with E-state index in [1.807, 2.05) is 21.0 Å². The van der Waals surface area contributed by atoms with Gasteiger partial charge in [-0.05, 0) is 37.7 Å². The molecule has 1 aliphatic rings. The maximum Gasteiger partial charge on any atom is 0.136 e. The minimum absolute atomic E-state index is 0.794. The van der Waals surface area contributed by atoms with Crippen LogP contribution < -0.4 is 15.1 Å². The second kappa shape index (κ2) is 7.70. The van der Waals surface area contributed by atoms with Crippen molar-refractivity contribution in [2.75, 3.05) is 61.9 Å². The fourth-order valence-electron chi connectivity index (χ4n) is 3.06. The van der Waals surface area contributed by atoms with E-state index in [4.69, 9.17) is 0 Å². The molecule has 0 saturated carbocycles. The summed E-state index contributed by atoms with van der Waals surface area (Å²) in [5, 5.41) is 3.40. The topological polar surface area (TPSA) is 47.5 Å². The van der Waals surface area contributed by atoms with E-state index < -0.39 is 0 Å². The van der Waals surface area contributed by atoms with Gasteiger partial charge in [0.25, 0.3) is 0 Å². The predicted octanol–water partition coefficient (Wildman–Crippen LogP) is 2.74. The van der Waals surface area contributed by atoms with Gasteiger partial charge in [0.1, 0.15) is 17.5 Å². The van der Waals surface area contributed by atoms with Crippen molar-refractivity contribution in [1.82, 2.24) is 14.9 Å². The molecule has 6 heteroatoms. The number of aryl methyl sites for hydroxylation is 1. The molecule has 1 aromatic carbocycles. The molecule has 0 radical (unpaired) electrons. The molecule has 1 aliphatic heterocycles. The van der Waals surface area contributed by atoms with Crippen LogP contribution in [-0.2, 0) is 0 Å². The van der Waals surface area contributed by atoms with Crippen LogP contribution in [0.5, 0.6) is 0 Å². The summed E-state index contributed by atoms with van der Waals surface area (Å²) in [5.41, 5.74) is 2.21. The summed E-state index contributed by atoms with van der Waals surface area (Å²) < 4.78 is 0. The Labute approximate surface area is 150 Å². The Morgan fingerprint density at radius 3 is 2.32 bits per heavy atom. The SMILES string of the molecule is CCN1CCN(c2cc(Nc3ccc(N(C)C)cc3)nc(C)n2)CC1. The first-order chi connectivity index (χ1) is 12.0. The molecule has 1 fully saturated rings. The van der Waals surface area contributed by atoms with Crippen molar-refractivity contribution < 1.29 is 0 Å². The van der Waals surface area contributed by atoms with E-state index >= 15 is 0 Å². The molecule has 0 amide bonds. The Balaban J connectivity index is 1.73. The normalized spacial score (nSPS) is 15.3. The number of nitrogens with one attached hydrogen (secondary N) is 1. The van der Waals surface area contributed by atoms with E-state index in [2.05, 4.69) is 67.2 Å². The van der Waals surface area contributed by atoms with E-state index in [0.29, 0.717) is 0 Å². The molecule has 1 saturated heterocycles. The fourth-order valence-corrected chi connectivity index (χ4v) is 3.06. The highest BCUT2D eigenvalue weighted by molar-refractivity contribution is 5.62. The minimum atomic E-state index is 0.794. The molecule has 0 spiro atoms. The Bertz CT molecular complexity index is 690. The lowest BCUT2D eigenvalue weighted by Gasteiger charge is -2.34. The lowest BCUT2D eigenvalue weighted by molar-refractivity contribution is 0.270. The number of hydrogen-bond acceptors (Lipinski definition) is 6. The van der Waals surface area contributed by atoms with Crippen LogP contribution in [0.15, 0.2) is 30.3 Å². The van der Waals surface area contributed by atoms with Gasteiger partial charge in [-0.2, -0.15) is 0 Å². The van der Waals surface area contributed by atoms with E-state index in [-0.39, 0.29) is 0 Å². The van der Waals surface area contributed by atoms with Crippen molar-refractivity contribution in [1.29, 1.82) is 0 Å². The molecular formula is C19H28N6. The number of aromatic nitrogens is 2. The number of anilines is 4. The van der Waals surface area contributed by atoms with Crippen LogP contribution in [0, 0.1) is 6.92 Å². The van der Waals surface area contributed by atoms with Gasteiger partial charge in [0.05, 0.1) is 0 Å². The smallest absolute Gasteiger partial charge is 0.136 e. The van der Waals surface area contributed by atoms with Crippen LogP contribution in [0.25, 0.3) is 0 Å². The third-order valence-electron chi connectivity index (χ3n) is 4.62. The van der Waals surface area contributed by atoms with Gasteiger partial charge in [-0.15, -0.1) is 0 Å². The van der Waals surface area contributed by atoms with Crippen molar-refractivity contribution in [2.45, 2.75) is 13.8 Å². The van der Waals surface area contributed by atoms with Gasteiger partial charge in [0, 0.05) is 57.7 Å². The van der Waals surface area contributed by atoms with Crippen molar-refractivity contribution in [2.24, 2.45) is 0 Å². The molecule has 1 N–H and O–H groups in total. The number of piperazine rings is 1. The average molecular weight is 340 g/mol. The zero-order valence-electron chi connectivity index (χ0n) is 15.7. The average Bonchev–Trinajstić information content (AvgIpc) is 2.62. The monoisotopic (exact) mass is 340 g/mol. The van der Waals surface area contributed by atoms with Crippen molar-refractivity contribution >= 4 is 23.0 Å². The van der Waals surface area contributed by atoms with E-state index in [1.54, 1.807) is 0 Å². The van der Waals surface area contributed by atoms with Crippen LogP contribution in [0.2, 0.25) is 0 Å². The third kappa shape index (κ3) is 4.39. The fraction of sp³-hybridized carbons (Fsp3) is 0.474. The van der Waals surface area contributed by atoms with E-state index in [1.165, 1.54) is 5.69 Å². The Morgan fingerprint density at radius 2 is 1.72 bits per heavy atom. The van der Waals surface area contributed by atoms with Gasteiger partial charge >= 0.3 is 0 Å². The molecule has 2 aromatic rings. The molecule has 6 nitrogen and oxygen atoms in total. The summed E-state index contributed by atoms with van der Waals surface area (Å²) in [6.45, 7) is 9.50. The maximum atomic E-state index is 4.64. The number of benzene rings is 1. The lowest BCUT2D eigenvalue weighted by atomic mass is 10.2. The molecular weight excluding hydrogens is 312 g/mol. The third-order valence-corrected chi connectivity index (χ3v) is 4.62. The summed E-state index contributed by atoms with van der Waals surface area (Å²) in [6.07, 6.45) is 0. The van der Waals surface area contributed by atoms with Gasteiger partial charge in [-0.1, -0.05) is 6.92 Å². The molecule has 2 heterocycles. The van der Waals surface area contributed by atoms with Crippen LogP contribution >= 0.6 is 0 Å². The molecule has 0 unspecified atom stereocenters. The van der Waals surface area contributed by atoms with Crippen LogP contribution in [0.3, 0.4) is 0 Å². The Morgan fingerprint density at radius 1 is 1.04 bits per heavy atom. The number of rotatable bonds is 5. The summed E-state index contributed by atoms with van der Waals surface area (Å²) in [6, 6.07) is 10.4. The van der Waals surface area contributed by atoms with Gasteiger partial charge in [-0.25, -0.2) is 9.97 Å². The minimum Gasteiger partial charge on any atom is -0.378 e. The Kier molecular flexibility index (Phi) is 5.38. The summed E-state index contributed by atoms with van der Waals surface area (Å²) in [4.78, 5) is 16.1. The second-order valence-electron chi connectivity index (χ2n) is 6.65. The molecule has 0 aliphatic carbocycles. The van der Waals surface area contributed by atoms with E-state index in [0.717, 1.165) is 55.9 Å². The first kappa shape index (κ1) is 17.5. The highest BCUT2D eigenvalue weighted by Crippen LogP contribution is 2.22. The van der Waals surface area contributed by atoms with Gasteiger partial charge in [0.15, 0.2) is 0 Å². The zero-order chi connectivity index (χ0) is 17.8. The first-order valence-corrected chi connectivity index (χ1v) is 8.92. The second-order valence-corrected chi connectivity index (χ2v) is 6.65. The molecule has 25 heavy (non-hydrogen) atoms. The largest absolute Gasteiger partial charge is 0.378 e. The number of hydrogen-bond donors (Lipinski definition) is 1. The maximum absolute atomic E-state index is 4.64. The van der Waals surface area contributed by atoms with Gasteiger partial charge < -0.3 is 20.0 Å². The van der Waals surface area contributed by atoms with Crippen LogP contribution in [0.4, 0.5) is 23.0 Å². The molecule has 1 aromatic heterocycles. The van der Waals surface area contributed by atoms with Gasteiger partial charge in [0.2, 0.25) is 0 Å². The van der Waals surface area contributed by atoms with Crippen molar-refractivity contribution in [3.05, 3.63) is 36.2 Å². The van der Waals surface area contributed by atoms with Crippen LogP contribution in [-0.4, -0.2) is 61.7 Å². The number of likely N-dealkylation sites (N-methyl/N-ethyl adjacent to an activating group) is 1. The number of nitrogens with zero attached hydrogens (tertiary/aromatic N) is 5. The Hall–Kier alpha value is -2.34. The zero-order valence-corrected chi connectivity index (χ0v) is 15.7. The van der Waals surface area contributed by atoms with Gasteiger partial charge in [-0.3, -0.25) is 0 Å². The van der Waals surface area contributed by atoms with Crippen molar-refractivity contribution in [3.8, 4) is 0 Å². The summed E-state index contributed by atoms with van der Waals surface area (Å²) in [5.74, 6) is 2.65. The predicted molar refractivity (Wildman–Crippen MR) is 105 cm³/mol. The molecule has 134 valence electrons. The standard InChI is InChI=1S/C19H28N6/c1-5-24-10-12-25(13-11-24)19-14-18(20-15(2)21-19)22-16-6-8-17(9-7-16)23(3)4/h6-9,14H,5,10-13H2,1-4H3,(H,20,21,22). The molecule has 3 rings (SSSR count).